The lowest BCUT2D eigenvalue weighted by molar-refractivity contribution is 0.746. The van der Waals surface area contributed by atoms with Crippen LogP contribution in [0, 0.1) is 0 Å². The molecule has 2 aliphatic rings. The highest BCUT2D eigenvalue weighted by atomic mass is 32.1. The third kappa shape index (κ3) is 3.12. The van der Waals surface area contributed by atoms with Crippen LogP contribution < -0.4 is 4.90 Å². The predicted molar refractivity (Wildman–Crippen MR) is 171 cm³/mol. The smallest absolute Gasteiger partial charge is 0.0629 e. The number of hydrogen-bond donors (Lipinski definition) is 0. The summed E-state index contributed by atoms with van der Waals surface area (Å²) in [5, 5.41) is 5.40. The number of thiophene rings is 2. The minimum atomic E-state index is 0.305. The Balaban J connectivity index is 1.22. The molecule has 2 unspecified atom stereocenters. The maximum absolute atomic E-state index is 2.57. The Hall–Kier alpha value is -4.18. The van der Waals surface area contributed by atoms with Crippen LogP contribution in [0.15, 0.2) is 127 Å². The Morgan fingerprint density at radius 3 is 2.26 bits per heavy atom. The molecule has 0 saturated heterocycles. The molecule has 0 fully saturated rings. The van der Waals surface area contributed by atoms with Crippen LogP contribution in [-0.4, -0.2) is 6.04 Å². The summed E-state index contributed by atoms with van der Waals surface area (Å²) in [6, 6.07) is 38.8. The molecule has 5 aromatic carbocycles. The van der Waals surface area contributed by atoms with E-state index in [1.807, 2.05) is 22.7 Å². The van der Waals surface area contributed by atoms with E-state index in [4.69, 9.17) is 0 Å². The number of benzene rings is 5. The van der Waals surface area contributed by atoms with Crippen molar-refractivity contribution in [1.29, 1.82) is 0 Å². The molecule has 0 amide bonds. The molecule has 184 valence electrons. The lowest BCUT2D eigenvalue weighted by atomic mass is 9.91. The average molecular weight is 534 g/mol. The van der Waals surface area contributed by atoms with E-state index >= 15 is 0 Å². The molecule has 9 rings (SSSR count). The summed E-state index contributed by atoms with van der Waals surface area (Å²) < 4.78 is 5.39. The molecule has 3 heterocycles. The van der Waals surface area contributed by atoms with Crippen molar-refractivity contribution < 1.29 is 0 Å². The van der Waals surface area contributed by atoms with Crippen LogP contribution in [0.1, 0.15) is 11.5 Å². The Kier molecular flexibility index (Phi) is 4.54. The van der Waals surface area contributed by atoms with Crippen molar-refractivity contribution in [2.75, 3.05) is 4.90 Å². The molecule has 1 aliphatic carbocycles. The molecule has 1 nitrogen and oxygen atoms in total. The highest BCUT2D eigenvalue weighted by Crippen LogP contribution is 2.51. The van der Waals surface area contributed by atoms with Crippen molar-refractivity contribution in [1.82, 2.24) is 0 Å². The molecule has 0 radical (unpaired) electrons. The normalized spacial score (nSPS) is 18.0. The first-order valence-corrected chi connectivity index (χ1v) is 15.1. The van der Waals surface area contributed by atoms with E-state index in [1.54, 1.807) is 0 Å². The molecule has 2 aromatic heterocycles. The van der Waals surface area contributed by atoms with Gasteiger partial charge >= 0.3 is 0 Å². The molecular weight excluding hydrogens is 511 g/mol. The van der Waals surface area contributed by atoms with E-state index in [9.17, 15) is 0 Å². The molecule has 0 spiro atoms. The number of hydrogen-bond acceptors (Lipinski definition) is 3. The zero-order valence-electron chi connectivity index (χ0n) is 21.0. The van der Waals surface area contributed by atoms with Crippen LogP contribution in [0.4, 0.5) is 11.4 Å². The van der Waals surface area contributed by atoms with Gasteiger partial charge < -0.3 is 4.90 Å². The Morgan fingerprint density at radius 2 is 1.26 bits per heavy atom. The van der Waals surface area contributed by atoms with Crippen LogP contribution in [0.2, 0.25) is 0 Å². The van der Waals surface area contributed by atoms with Crippen molar-refractivity contribution in [2.24, 2.45) is 0 Å². The highest BCUT2D eigenvalue weighted by Gasteiger charge is 2.37. The number of nitrogens with zero attached hydrogens (tertiary/aromatic N) is 1. The van der Waals surface area contributed by atoms with Gasteiger partial charge in [-0.25, -0.2) is 0 Å². The number of fused-ring (bicyclic) bond motifs is 9. The summed E-state index contributed by atoms with van der Waals surface area (Å²) in [5.41, 5.74) is 6.60. The molecule has 0 N–H and O–H groups in total. The van der Waals surface area contributed by atoms with Crippen molar-refractivity contribution in [3.05, 3.63) is 133 Å². The number of anilines is 2. The van der Waals surface area contributed by atoms with Crippen LogP contribution >= 0.6 is 22.7 Å². The van der Waals surface area contributed by atoms with Gasteiger partial charge in [0.2, 0.25) is 0 Å². The van der Waals surface area contributed by atoms with Gasteiger partial charge in [-0.1, -0.05) is 85.0 Å². The van der Waals surface area contributed by atoms with Crippen LogP contribution in [-0.2, 0) is 0 Å². The van der Waals surface area contributed by atoms with Crippen LogP contribution in [0.25, 0.3) is 51.5 Å². The first kappa shape index (κ1) is 21.7. The van der Waals surface area contributed by atoms with Gasteiger partial charge in [0.25, 0.3) is 0 Å². The van der Waals surface area contributed by atoms with Gasteiger partial charge in [0.1, 0.15) is 0 Å². The second-order valence-electron chi connectivity index (χ2n) is 10.5. The number of allylic oxidation sites excluding steroid dienone is 2. The van der Waals surface area contributed by atoms with E-state index in [0.29, 0.717) is 12.0 Å². The van der Waals surface area contributed by atoms with E-state index in [1.165, 1.54) is 68.4 Å². The van der Waals surface area contributed by atoms with Crippen molar-refractivity contribution in [3.8, 4) is 11.1 Å². The monoisotopic (exact) mass is 533 g/mol. The summed E-state index contributed by atoms with van der Waals surface area (Å²) in [6.07, 6.45) is 9.11. The molecular formula is C36H23NS2. The van der Waals surface area contributed by atoms with Crippen molar-refractivity contribution >= 4 is 74.4 Å². The van der Waals surface area contributed by atoms with Crippen molar-refractivity contribution in [2.45, 2.75) is 12.0 Å². The number of rotatable bonds is 2. The lowest BCUT2D eigenvalue weighted by Crippen LogP contribution is -2.28. The Bertz CT molecular complexity index is 2160. The van der Waals surface area contributed by atoms with E-state index < -0.39 is 0 Å². The Labute approximate surface area is 234 Å². The van der Waals surface area contributed by atoms with E-state index in [2.05, 4.69) is 132 Å². The summed E-state index contributed by atoms with van der Waals surface area (Å²) in [6.45, 7) is 0. The highest BCUT2D eigenvalue weighted by molar-refractivity contribution is 7.26. The molecule has 7 aromatic rings. The van der Waals surface area contributed by atoms with Gasteiger partial charge in [-0.2, -0.15) is 0 Å². The van der Waals surface area contributed by atoms with Gasteiger partial charge in [-0.3, -0.25) is 0 Å². The minimum absolute atomic E-state index is 0.305. The minimum Gasteiger partial charge on any atom is -0.333 e. The van der Waals surface area contributed by atoms with Gasteiger partial charge in [-0.15, -0.1) is 22.7 Å². The van der Waals surface area contributed by atoms with Gasteiger partial charge in [0.15, 0.2) is 0 Å². The first-order chi connectivity index (χ1) is 19.3. The summed E-state index contributed by atoms with van der Waals surface area (Å²) in [4.78, 5) is 2.57. The zero-order chi connectivity index (χ0) is 25.5. The van der Waals surface area contributed by atoms with Crippen LogP contribution in [0.5, 0.6) is 0 Å². The van der Waals surface area contributed by atoms with Gasteiger partial charge in [-0.05, 0) is 59.2 Å². The fourth-order valence-corrected chi connectivity index (χ4v) is 8.91. The fourth-order valence-electron chi connectivity index (χ4n) is 6.66. The molecule has 39 heavy (non-hydrogen) atoms. The summed E-state index contributed by atoms with van der Waals surface area (Å²) in [5.74, 6) is 0.390. The number of para-hydroxylation sites is 1. The second-order valence-corrected chi connectivity index (χ2v) is 12.7. The second kappa shape index (κ2) is 8.16. The molecule has 0 bridgehead atoms. The van der Waals surface area contributed by atoms with Gasteiger partial charge in [0.05, 0.1) is 11.7 Å². The van der Waals surface area contributed by atoms with Gasteiger partial charge in [0, 0.05) is 51.9 Å². The Morgan fingerprint density at radius 1 is 0.513 bits per heavy atom. The molecule has 0 saturated carbocycles. The quantitative estimate of drug-likeness (QED) is 0.214. The van der Waals surface area contributed by atoms with E-state index in [-0.39, 0.29) is 0 Å². The standard InChI is InChI=1S/C36H23NS2/c1-4-11-29-24(8-1)25-9-2-5-12-30(25)37(29)31-13-7-15-34-36(31)27-18-16-23(21-35(27)39-34)22-17-19-33-28(20-22)26-10-3-6-14-32(26)38-33/h1-21,24,29H. The fraction of sp³-hybridized carbons (Fsp3) is 0.0556. The van der Waals surface area contributed by atoms with Crippen molar-refractivity contribution in [3.63, 3.8) is 0 Å². The topological polar surface area (TPSA) is 3.24 Å². The first-order valence-electron chi connectivity index (χ1n) is 13.4. The van der Waals surface area contributed by atoms with E-state index in [0.717, 1.165) is 0 Å². The third-order valence-corrected chi connectivity index (χ3v) is 10.7. The molecule has 2 atom stereocenters. The average Bonchev–Trinajstić information content (AvgIpc) is 3.66. The molecule has 1 aliphatic heterocycles. The molecule has 3 heteroatoms. The lowest BCUT2D eigenvalue weighted by Gasteiger charge is -2.29. The maximum atomic E-state index is 2.57. The zero-order valence-corrected chi connectivity index (χ0v) is 22.7. The summed E-state index contributed by atoms with van der Waals surface area (Å²) >= 11 is 3.78. The van der Waals surface area contributed by atoms with Crippen LogP contribution in [0.3, 0.4) is 0 Å². The SMILES string of the molecule is C1=CC2c3ccccc3N(c3cccc4sc5cc(-c6ccc7sc8ccccc8c7c6)ccc5c34)C2C=C1. The summed E-state index contributed by atoms with van der Waals surface area (Å²) in [7, 11) is 0. The largest absolute Gasteiger partial charge is 0.333 e. The predicted octanol–water partition coefficient (Wildman–Crippen LogP) is 10.8. The third-order valence-electron chi connectivity index (χ3n) is 8.40. The maximum Gasteiger partial charge on any atom is 0.0629 e.